The number of halogens is 2. The van der Waals surface area contributed by atoms with Crippen molar-refractivity contribution in [1.82, 2.24) is 4.90 Å². The predicted octanol–water partition coefficient (Wildman–Crippen LogP) is 2.93. The fourth-order valence-electron chi connectivity index (χ4n) is 2.69. The normalized spacial score (nSPS) is 23.5. The number of hydrogen-bond donors (Lipinski definition) is 1. The molecule has 1 aliphatic rings. The minimum atomic E-state index is -0.417. The van der Waals surface area contributed by atoms with Crippen LogP contribution >= 0.6 is 15.9 Å². The van der Waals surface area contributed by atoms with Gasteiger partial charge >= 0.3 is 0 Å². The summed E-state index contributed by atoms with van der Waals surface area (Å²) in [5.41, 5.74) is 6.13. The number of nitrogens with two attached hydrogens (primary N) is 1. The molecule has 0 spiro atoms. The summed E-state index contributed by atoms with van der Waals surface area (Å²) in [5.74, 6) is -0.561. The van der Waals surface area contributed by atoms with Gasteiger partial charge in [-0.25, -0.2) is 4.39 Å². The van der Waals surface area contributed by atoms with E-state index >= 15 is 0 Å². The van der Waals surface area contributed by atoms with Gasteiger partial charge in [0.15, 0.2) is 0 Å². The maximum Gasteiger partial charge on any atom is 0.255 e. The van der Waals surface area contributed by atoms with Gasteiger partial charge in [-0.05, 0) is 54.2 Å². The second-order valence-electron chi connectivity index (χ2n) is 4.98. The van der Waals surface area contributed by atoms with Crippen molar-refractivity contribution in [2.75, 3.05) is 6.54 Å². The first-order valence-corrected chi connectivity index (χ1v) is 7.32. The Morgan fingerprint density at radius 3 is 2.95 bits per heavy atom. The van der Waals surface area contributed by atoms with Crippen LogP contribution in [0, 0.1) is 5.82 Å². The highest BCUT2D eigenvalue weighted by atomic mass is 79.9. The van der Waals surface area contributed by atoms with Crippen LogP contribution in [0.2, 0.25) is 0 Å². The molecule has 1 saturated heterocycles. The molecule has 1 aromatic carbocycles. The highest BCUT2D eigenvalue weighted by Gasteiger charge is 2.32. The second kappa shape index (κ2) is 6.01. The summed E-state index contributed by atoms with van der Waals surface area (Å²) in [6.45, 7) is 2.47. The molecule has 1 fully saturated rings. The van der Waals surface area contributed by atoms with Crippen LogP contribution in [0.5, 0.6) is 0 Å². The molecule has 0 aliphatic carbocycles. The van der Waals surface area contributed by atoms with E-state index in [9.17, 15) is 9.18 Å². The highest BCUT2D eigenvalue weighted by molar-refractivity contribution is 9.10. The zero-order valence-corrected chi connectivity index (χ0v) is 12.5. The lowest BCUT2D eigenvalue weighted by Gasteiger charge is -2.40. The summed E-state index contributed by atoms with van der Waals surface area (Å²) in [6.07, 6.45) is 2.96. The summed E-state index contributed by atoms with van der Waals surface area (Å²) in [6, 6.07) is 4.72. The monoisotopic (exact) mass is 328 g/mol. The first kappa shape index (κ1) is 14.5. The van der Waals surface area contributed by atoms with Crippen LogP contribution < -0.4 is 5.73 Å². The molecule has 0 radical (unpaired) electrons. The Hall–Kier alpha value is -0.940. The van der Waals surface area contributed by atoms with Crippen molar-refractivity contribution < 1.29 is 9.18 Å². The first-order valence-electron chi connectivity index (χ1n) is 6.53. The number of piperidine rings is 1. The van der Waals surface area contributed by atoms with Crippen LogP contribution in [-0.2, 0) is 0 Å². The van der Waals surface area contributed by atoms with Crippen LogP contribution in [0.4, 0.5) is 4.39 Å². The standard InChI is InChI=1S/C14H18BrFN2O/c1-9-4-2-5-10(8-17)18(9)14(19)11-6-3-7-12(16)13(11)15/h3,6-7,9-10H,2,4-5,8,17H2,1H3. The number of likely N-dealkylation sites (tertiary alicyclic amines) is 1. The molecule has 5 heteroatoms. The van der Waals surface area contributed by atoms with Crippen LogP contribution in [-0.4, -0.2) is 29.4 Å². The molecule has 0 aromatic heterocycles. The van der Waals surface area contributed by atoms with Gasteiger partial charge < -0.3 is 10.6 Å². The Morgan fingerprint density at radius 1 is 1.53 bits per heavy atom. The van der Waals surface area contributed by atoms with E-state index in [2.05, 4.69) is 15.9 Å². The number of benzene rings is 1. The number of rotatable bonds is 2. The fourth-order valence-corrected chi connectivity index (χ4v) is 3.13. The molecule has 0 bridgehead atoms. The smallest absolute Gasteiger partial charge is 0.255 e. The SMILES string of the molecule is CC1CCCC(CN)N1C(=O)c1cccc(F)c1Br. The van der Waals surface area contributed by atoms with Gasteiger partial charge in [0.05, 0.1) is 10.0 Å². The van der Waals surface area contributed by atoms with Crippen LogP contribution in [0.15, 0.2) is 22.7 Å². The maximum absolute atomic E-state index is 13.5. The molecule has 1 aromatic rings. The summed E-state index contributed by atoms with van der Waals surface area (Å²) >= 11 is 3.16. The summed E-state index contributed by atoms with van der Waals surface area (Å²) < 4.78 is 13.8. The molecular formula is C14H18BrFN2O. The third-order valence-corrected chi connectivity index (χ3v) is 4.52. The summed E-state index contributed by atoms with van der Waals surface area (Å²) in [5, 5.41) is 0. The number of carbonyl (C=O) groups is 1. The van der Waals surface area contributed by atoms with E-state index in [0.29, 0.717) is 12.1 Å². The van der Waals surface area contributed by atoms with E-state index in [1.807, 2.05) is 11.8 Å². The fraction of sp³-hybridized carbons (Fsp3) is 0.500. The van der Waals surface area contributed by atoms with Crippen molar-refractivity contribution in [3.8, 4) is 0 Å². The molecule has 19 heavy (non-hydrogen) atoms. The lowest BCUT2D eigenvalue weighted by Crippen LogP contribution is -2.51. The largest absolute Gasteiger partial charge is 0.332 e. The molecule has 1 amide bonds. The zero-order valence-electron chi connectivity index (χ0n) is 10.9. The van der Waals surface area contributed by atoms with E-state index in [0.717, 1.165) is 19.3 Å². The molecule has 0 saturated carbocycles. The van der Waals surface area contributed by atoms with Crippen molar-refractivity contribution in [2.45, 2.75) is 38.3 Å². The Kier molecular flexibility index (Phi) is 4.58. The van der Waals surface area contributed by atoms with E-state index in [4.69, 9.17) is 5.73 Å². The van der Waals surface area contributed by atoms with E-state index in [-0.39, 0.29) is 22.5 Å². The number of nitrogens with zero attached hydrogens (tertiary/aromatic N) is 1. The summed E-state index contributed by atoms with van der Waals surface area (Å²) in [7, 11) is 0. The molecule has 1 heterocycles. The van der Waals surface area contributed by atoms with Gasteiger partial charge in [0.25, 0.3) is 5.91 Å². The van der Waals surface area contributed by atoms with Gasteiger partial charge in [-0.2, -0.15) is 0 Å². The van der Waals surface area contributed by atoms with E-state index in [1.54, 1.807) is 12.1 Å². The van der Waals surface area contributed by atoms with Crippen molar-refractivity contribution in [3.63, 3.8) is 0 Å². The number of carbonyl (C=O) groups excluding carboxylic acids is 1. The molecule has 2 N–H and O–H groups in total. The Balaban J connectivity index is 2.33. The molecule has 2 rings (SSSR count). The predicted molar refractivity (Wildman–Crippen MR) is 76.4 cm³/mol. The topological polar surface area (TPSA) is 46.3 Å². The lowest BCUT2D eigenvalue weighted by atomic mass is 9.95. The van der Waals surface area contributed by atoms with Crippen molar-refractivity contribution in [1.29, 1.82) is 0 Å². The maximum atomic E-state index is 13.5. The highest BCUT2D eigenvalue weighted by Crippen LogP contribution is 2.28. The van der Waals surface area contributed by atoms with Crippen molar-refractivity contribution in [2.24, 2.45) is 5.73 Å². The van der Waals surface area contributed by atoms with Crippen LogP contribution in [0.25, 0.3) is 0 Å². The van der Waals surface area contributed by atoms with Crippen LogP contribution in [0.3, 0.4) is 0 Å². The van der Waals surface area contributed by atoms with Crippen LogP contribution in [0.1, 0.15) is 36.5 Å². The van der Waals surface area contributed by atoms with Gasteiger partial charge in [-0.15, -0.1) is 0 Å². The molecule has 2 atom stereocenters. The Bertz CT molecular complexity index is 481. The quantitative estimate of drug-likeness (QED) is 0.907. The first-order chi connectivity index (χ1) is 9.06. The minimum absolute atomic E-state index is 0.0476. The van der Waals surface area contributed by atoms with E-state index in [1.165, 1.54) is 6.07 Å². The molecule has 2 unspecified atom stereocenters. The molecule has 104 valence electrons. The van der Waals surface area contributed by atoms with Gasteiger partial charge in [0.1, 0.15) is 5.82 Å². The molecule has 3 nitrogen and oxygen atoms in total. The zero-order chi connectivity index (χ0) is 14.0. The van der Waals surface area contributed by atoms with Crippen molar-refractivity contribution >= 4 is 21.8 Å². The number of hydrogen-bond acceptors (Lipinski definition) is 2. The van der Waals surface area contributed by atoms with Crippen molar-refractivity contribution in [3.05, 3.63) is 34.1 Å². The second-order valence-corrected chi connectivity index (χ2v) is 5.78. The Morgan fingerprint density at radius 2 is 2.26 bits per heavy atom. The Labute approximate surface area is 121 Å². The third-order valence-electron chi connectivity index (χ3n) is 3.72. The van der Waals surface area contributed by atoms with Gasteiger partial charge in [-0.3, -0.25) is 4.79 Å². The average Bonchev–Trinajstić information content (AvgIpc) is 2.40. The van der Waals surface area contributed by atoms with Gasteiger partial charge in [-0.1, -0.05) is 6.07 Å². The molecule has 1 aliphatic heterocycles. The summed E-state index contributed by atoms with van der Waals surface area (Å²) in [4.78, 5) is 14.4. The average molecular weight is 329 g/mol. The third kappa shape index (κ3) is 2.82. The van der Waals surface area contributed by atoms with E-state index < -0.39 is 5.82 Å². The minimum Gasteiger partial charge on any atom is -0.332 e. The van der Waals surface area contributed by atoms with Gasteiger partial charge in [0.2, 0.25) is 0 Å². The molecular weight excluding hydrogens is 311 g/mol. The lowest BCUT2D eigenvalue weighted by molar-refractivity contribution is 0.0492. The van der Waals surface area contributed by atoms with Gasteiger partial charge in [0, 0.05) is 18.6 Å². The number of amides is 1.